The summed E-state index contributed by atoms with van der Waals surface area (Å²) >= 11 is 0. The van der Waals surface area contributed by atoms with Gasteiger partial charge in [0.25, 0.3) is 11.5 Å². The minimum absolute atomic E-state index is 0.00180. The molecule has 0 unspecified atom stereocenters. The van der Waals surface area contributed by atoms with Gasteiger partial charge in [-0.25, -0.2) is 4.79 Å². The van der Waals surface area contributed by atoms with Gasteiger partial charge < -0.3 is 11.1 Å². The van der Waals surface area contributed by atoms with E-state index in [2.05, 4.69) is 10.4 Å². The zero-order valence-corrected chi connectivity index (χ0v) is 16.6. The van der Waals surface area contributed by atoms with Crippen LogP contribution in [0.25, 0.3) is 0 Å². The van der Waals surface area contributed by atoms with E-state index in [9.17, 15) is 27.6 Å². The number of anilines is 2. The van der Waals surface area contributed by atoms with Gasteiger partial charge in [0.2, 0.25) is 0 Å². The molecular formula is C19H19F3N6O3. The number of rotatable bonds is 5. The van der Waals surface area contributed by atoms with Crippen LogP contribution in [0.4, 0.5) is 24.7 Å². The Morgan fingerprint density at radius 2 is 1.97 bits per heavy atom. The molecule has 12 heteroatoms. The zero-order chi connectivity index (χ0) is 22.9. The summed E-state index contributed by atoms with van der Waals surface area (Å²) in [6, 6.07) is 4.76. The van der Waals surface area contributed by atoms with E-state index in [-0.39, 0.29) is 30.2 Å². The molecular weight excluding hydrogens is 417 g/mol. The summed E-state index contributed by atoms with van der Waals surface area (Å²) in [6.45, 7) is 1.69. The number of aromatic nitrogens is 4. The second-order valence-corrected chi connectivity index (χ2v) is 6.73. The van der Waals surface area contributed by atoms with Gasteiger partial charge in [0.1, 0.15) is 11.5 Å². The van der Waals surface area contributed by atoms with E-state index in [4.69, 9.17) is 5.73 Å². The van der Waals surface area contributed by atoms with Gasteiger partial charge in [0, 0.05) is 19.8 Å². The van der Waals surface area contributed by atoms with Crippen LogP contribution < -0.4 is 22.3 Å². The van der Waals surface area contributed by atoms with Crippen molar-refractivity contribution < 1.29 is 18.0 Å². The van der Waals surface area contributed by atoms with Gasteiger partial charge >= 0.3 is 11.9 Å². The first-order chi connectivity index (χ1) is 14.5. The maximum Gasteiger partial charge on any atom is 0.416 e. The number of benzene rings is 1. The van der Waals surface area contributed by atoms with E-state index in [0.29, 0.717) is 5.56 Å². The lowest BCUT2D eigenvalue weighted by Gasteiger charge is -2.13. The molecule has 0 fully saturated rings. The Morgan fingerprint density at radius 3 is 2.61 bits per heavy atom. The monoisotopic (exact) mass is 436 g/mol. The van der Waals surface area contributed by atoms with Crippen molar-refractivity contribution in [2.75, 3.05) is 11.1 Å². The highest BCUT2D eigenvalue weighted by Crippen LogP contribution is 2.29. The van der Waals surface area contributed by atoms with Crippen molar-refractivity contribution in [3.05, 3.63) is 74.2 Å². The molecule has 3 N–H and O–H groups in total. The normalized spacial score (nSPS) is 11.5. The van der Waals surface area contributed by atoms with Crippen molar-refractivity contribution in [3.63, 3.8) is 0 Å². The molecule has 2 aromatic heterocycles. The van der Waals surface area contributed by atoms with Crippen molar-refractivity contribution >= 4 is 17.4 Å². The van der Waals surface area contributed by atoms with Gasteiger partial charge in [-0.1, -0.05) is 12.1 Å². The zero-order valence-electron chi connectivity index (χ0n) is 16.6. The minimum Gasteiger partial charge on any atom is -0.383 e. The number of nitrogens with two attached hydrogens (primary N) is 1. The smallest absolute Gasteiger partial charge is 0.383 e. The van der Waals surface area contributed by atoms with Crippen molar-refractivity contribution in [2.45, 2.75) is 26.2 Å². The Labute approximate surface area is 173 Å². The molecule has 0 spiro atoms. The third-order valence-corrected chi connectivity index (χ3v) is 4.64. The third-order valence-electron chi connectivity index (χ3n) is 4.64. The second-order valence-electron chi connectivity index (χ2n) is 6.73. The quantitative estimate of drug-likeness (QED) is 0.631. The maximum absolute atomic E-state index is 12.9. The Hall–Kier alpha value is -3.83. The number of carbonyl (C=O) groups excluding carboxylic acids is 1. The predicted molar refractivity (Wildman–Crippen MR) is 107 cm³/mol. The van der Waals surface area contributed by atoms with Crippen molar-refractivity contribution in [3.8, 4) is 0 Å². The number of amides is 1. The molecule has 0 aliphatic carbocycles. The lowest BCUT2D eigenvalue weighted by Crippen LogP contribution is -2.41. The van der Waals surface area contributed by atoms with Gasteiger partial charge in [-0.3, -0.25) is 23.4 Å². The van der Waals surface area contributed by atoms with Crippen LogP contribution in [0.15, 0.2) is 46.2 Å². The molecule has 0 bridgehead atoms. The van der Waals surface area contributed by atoms with E-state index in [1.165, 1.54) is 36.3 Å². The summed E-state index contributed by atoms with van der Waals surface area (Å²) in [7, 11) is 1.37. The number of halogens is 3. The average Bonchev–Trinajstić information content (AvgIpc) is 3.18. The fraction of sp³-hybridized carbons (Fsp3) is 0.263. The Balaban J connectivity index is 1.83. The summed E-state index contributed by atoms with van der Waals surface area (Å²) in [5.41, 5.74) is 3.82. The molecule has 9 nitrogen and oxygen atoms in total. The first-order valence-corrected chi connectivity index (χ1v) is 9.12. The Bertz CT molecular complexity index is 1260. The lowest BCUT2D eigenvalue weighted by atomic mass is 10.1. The molecule has 0 saturated carbocycles. The van der Waals surface area contributed by atoms with Crippen LogP contribution >= 0.6 is 0 Å². The van der Waals surface area contributed by atoms with Gasteiger partial charge in [0.05, 0.1) is 23.9 Å². The molecule has 1 aromatic carbocycles. The van der Waals surface area contributed by atoms with Gasteiger partial charge in [-0.15, -0.1) is 0 Å². The number of nitrogens with one attached hydrogen (secondary N) is 1. The predicted octanol–water partition coefficient (Wildman–Crippen LogP) is 1.66. The van der Waals surface area contributed by atoms with Gasteiger partial charge in [-0.05, 0) is 24.6 Å². The number of hydrogen-bond donors (Lipinski definition) is 2. The molecule has 0 aliphatic heterocycles. The molecule has 1 amide bonds. The van der Waals surface area contributed by atoms with Crippen LogP contribution in [0.5, 0.6) is 0 Å². The van der Waals surface area contributed by atoms with Crippen LogP contribution in [-0.4, -0.2) is 24.8 Å². The van der Waals surface area contributed by atoms with Crippen LogP contribution in [-0.2, 0) is 26.3 Å². The molecule has 3 rings (SSSR count). The molecule has 2 heterocycles. The van der Waals surface area contributed by atoms with E-state index in [0.717, 1.165) is 21.3 Å². The molecule has 31 heavy (non-hydrogen) atoms. The van der Waals surface area contributed by atoms with Crippen LogP contribution in [0.2, 0.25) is 0 Å². The highest BCUT2D eigenvalue weighted by Gasteiger charge is 2.30. The van der Waals surface area contributed by atoms with Crippen LogP contribution in [0.3, 0.4) is 0 Å². The van der Waals surface area contributed by atoms with Crippen molar-refractivity contribution in [1.29, 1.82) is 0 Å². The number of nitrogen functional groups attached to an aromatic ring is 1. The summed E-state index contributed by atoms with van der Waals surface area (Å²) in [6.07, 6.45) is -1.93. The van der Waals surface area contributed by atoms with E-state index in [1.807, 2.05) is 0 Å². The molecule has 164 valence electrons. The van der Waals surface area contributed by atoms with E-state index >= 15 is 0 Å². The molecule has 0 saturated heterocycles. The summed E-state index contributed by atoms with van der Waals surface area (Å²) in [5.74, 6) is -0.912. The highest BCUT2D eigenvalue weighted by molar-refractivity contribution is 6.05. The molecule has 0 aliphatic rings. The summed E-state index contributed by atoms with van der Waals surface area (Å²) < 4.78 is 41.8. The number of alkyl halides is 3. The first-order valence-electron chi connectivity index (χ1n) is 9.12. The average molecular weight is 436 g/mol. The Kier molecular flexibility index (Phi) is 5.73. The number of carbonyl (C=O) groups is 1. The third kappa shape index (κ3) is 4.37. The van der Waals surface area contributed by atoms with Crippen molar-refractivity contribution in [2.24, 2.45) is 7.05 Å². The van der Waals surface area contributed by atoms with Crippen molar-refractivity contribution in [1.82, 2.24) is 18.9 Å². The van der Waals surface area contributed by atoms with Gasteiger partial charge in [-0.2, -0.15) is 18.3 Å². The summed E-state index contributed by atoms with van der Waals surface area (Å²) in [4.78, 5) is 37.1. The number of nitrogens with zero attached hydrogens (tertiary/aromatic N) is 4. The van der Waals surface area contributed by atoms with Crippen LogP contribution in [0.1, 0.15) is 28.4 Å². The first kappa shape index (κ1) is 21.9. The maximum atomic E-state index is 12.9. The minimum atomic E-state index is -4.47. The fourth-order valence-corrected chi connectivity index (χ4v) is 2.97. The number of hydrogen-bond acceptors (Lipinski definition) is 5. The largest absolute Gasteiger partial charge is 0.416 e. The van der Waals surface area contributed by atoms with Crippen LogP contribution in [0, 0.1) is 0 Å². The topological polar surface area (TPSA) is 117 Å². The Morgan fingerprint density at radius 1 is 1.26 bits per heavy atom. The fourth-order valence-electron chi connectivity index (χ4n) is 2.97. The molecule has 0 atom stereocenters. The van der Waals surface area contributed by atoms with E-state index < -0.39 is 28.9 Å². The molecule has 0 radical (unpaired) electrons. The summed E-state index contributed by atoms with van der Waals surface area (Å²) in [5, 5.41) is 6.37. The second kappa shape index (κ2) is 8.13. The standard InChI is InChI=1S/C19H19F3N6O3/c1-3-28-17(30)14(15(23)26(2)18(28)31)25-16(29)12-8-24-27(10-12)9-11-5-4-6-13(7-11)19(20,21)22/h4-8,10H,3,9,23H2,1-2H3,(H,25,29). The SMILES string of the molecule is CCn1c(=O)c(NC(=O)c2cnn(Cc3cccc(C(F)(F)F)c3)c2)c(N)n(C)c1=O. The van der Waals surface area contributed by atoms with E-state index in [1.54, 1.807) is 6.92 Å². The molecule has 3 aromatic rings. The van der Waals surface area contributed by atoms with Gasteiger partial charge in [0.15, 0.2) is 0 Å². The lowest BCUT2D eigenvalue weighted by molar-refractivity contribution is -0.137. The highest BCUT2D eigenvalue weighted by atomic mass is 19.4.